The molecule has 2 atom stereocenters. The van der Waals surface area contributed by atoms with Gasteiger partial charge in [-0.2, -0.15) is 0 Å². The van der Waals surface area contributed by atoms with Crippen molar-refractivity contribution >= 4 is 5.91 Å². The van der Waals surface area contributed by atoms with Gasteiger partial charge in [-0.25, -0.2) is 0 Å². The molecule has 0 aromatic carbocycles. The molecule has 1 aliphatic heterocycles. The van der Waals surface area contributed by atoms with Crippen LogP contribution in [0.3, 0.4) is 0 Å². The third-order valence-corrected chi connectivity index (χ3v) is 2.92. The Morgan fingerprint density at radius 1 is 1.67 bits per heavy atom. The molecule has 2 unspecified atom stereocenters. The smallest absolute Gasteiger partial charge is 0.220 e. The predicted octanol–water partition coefficient (Wildman–Crippen LogP) is 1.60. The monoisotopic (exact) mass is 210 g/mol. The Morgan fingerprint density at radius 3 is 3.13 bits per heavy atom. The summed E-state index contributed by atoms with van der Waals surface area (Å²) in [7, 11) is 0. The number of carbonyl (C=O) groups excluding carboxylic acids is 1. The summed E-state index contributed by atoms with van der Waals surface area (Å²) in [6.07, 6.45) is 6.56. The lowest BCUT2D eigenvalue weighted by Gasteiger charge is -2.30. The lowest BCUT2D eigenvalue weighted by atomic mass is 9.99. The van der Waals surface area contributed by atoms with E-state index < -0.39 is 0 Å². The molecule has 15 heavy (non-hydrogen) atoms. The van der Waals surface area contributed by atoms with Gasteiger partial charge >= 0.3 is 0 Å². The van der Waals surface area contributed by atoms with Gasteiger partial charge in [0.2, 0.25) is 5.91 Å². The van der Waals surface area contributed by atoms with Gasteiger partial charge in [-0.05, 0) is 39.2 Å². The van der Waals surface area contributed by atoms with Gasteiger partial charge in [0.25, 0.3) is 0 Å². The average Bonchev–Trinajstić information content (AvgIpc) is 2.22. The minimum atomic E-state index is 0.178. The molecule has 3 heteroatoms. The van der Waals surface area contributed by atoms with E-state index in [0.717, 1.165) is 32.2 Å². The Bertz CT molecular complexity index is 216. The van der Waals surface area contributed by atoms with Crippen LogP contribution in [0, 0.1) is 0 Å². The topological polar surface area (TPSA) is 41.1 Å². The van der Waals surface area contributed by atoms with Crippen LogP contribution in [-0.4, -0.2) is 24.5 Å². The van der Waals surface area contributed by atoms with Gasteiger partial charge in [-0.15, -0.1) is 6.58 Å². The summed E-state index contributed by atoms with van der Waals surface area (Å²) in [4.78, 5) is 11.6. The lowest BCUT2D eigenvalue weighted by Crippen LogP contribution is -2.51. The van der Waals surface area contributed by atoms with Crippen LogP contribution in [0.25, 0.3) is 0 Å². The molecular weight excluding hydrogens is 188 g/mol. The maximum atomic E-state index is 11.6. The van der Waals surface area contributed by atoms with E-state index in [0.29, 0.717) is 18.5 Å². The molecule has 1 heterocycles. The van der Waals surface area contributed by atoms with E-state index in [2.05, 4.69) is 24.1 Å². The zero-order chi connectivity index (χ0) is 11.1. The van der Waals surface area contributed by atoms with Gasteiger partial charge in [0, 0.05) is 18.5 Å². The SMILES string of the molecule is C=CCCCC(=O)NC1CCCNC1C. The van der Waals surface area contributed by atoms with E-state index in [1.807, 2.05) is 6.08 Å². The molecule has 1 saturated heterocycles. The first kappa shape index (κ1) is 12.2. The highest BCUT2D eigenvalue weighted by molar-refractivity contribution is 5.76. The van der Waals surface area contributed by atoms with E-state index in [1.54, 1.807) is 0 Å². The summed E-state index contributed by atoms with van der Waals surface area (Å²) >= 11 is 0. The number of unbranched alkanes of at least 4 members (excludes halogenated alkanes) is 1. The van der Waals surface area contributed by atoms with E-state index in [1.165, 1.54) is 0 Å². The van der Waals surface area contributed by atoms with E-state index >= 15 is 0 Å². The van der Waals surface area contributed by atoms with Gasteiger partial charge in [0.05, 0.1) is 0 Å². The Morgan fingerprint density at radius 2 is 2.47 bits per heavy atom. The predicted molar refractivity (Wildman–Crippen MR) is 62.7 cm³/mol. The second kappa shape index (κ2) is 6.62. The van der Waals surface area contributed by atoms with Crippen molar-refractivity contribution in [1.29, 1.82) is 0 Å². The zero-order valence-corrected chi connectivity index (χ0v) is 9.59. The molecule has 0 spiro atoms. The molecule has 0 bridgehead atoms. The van der Waals surface area contributed by atoms with E-state index in [9.17, 15) is 4.79 Å². The number of carbonyl (C=O) groups is 1. The second-order valence-corrected chi connectivity index (χ2v) is 4.24. The third kappa shape index (κ3) is 4.47. The third-order valence-electron chi connectivity index (χ3n) is 2.92. The Balaban J connectivity index is 2.20. The first-order chi connectivity index (χ1) is 7.24. The van der Waals surface area contributed by atoms with Gasteiger partial charge in [-0.3, -0.25) is 4.79 Å². The molecule has 0 aromatic rings. The van der Waals surface area contributed by atoms with Crippen LogP contribution < -0.4 is 10.6 Å². The Kier molecular flexibility index (Phi) is 5.40. The standard InChI is InChI=1S/C12H22N2O/c1-3-4-5-8-12(15)14-11-7-6-9-13-10(11)2/h3,10-11,13H,1,4-9H2,2H3,(H,14,15). The molecule has 2 N–H and O–H groups in total. The second-order valence-electron chi connectivity index (χ2n) is 4.24. The zero-order valence-electron chi connectivity index (χ0n) is 9.59. The summed E-state index contributed by atoms with van der Waals surface area (Å²) < 4.78 is 0. The van der Waals surface area contributed by atoms with Crippen LogP contribution in [0.2, 0.25) is 0 Å². The van der Waals surface area contributed by atoms with Crippen molar-refractivity contribution in [3.05, 3.63) is 12.7 Å². The molecule has 3 nitrogen and oxygen atoms in total. The van der Waals surface area contributed by atoms with Crippen molar-refractivity contribution in [3.63, 3.8) is 0 Å². The summed E-state index contributed by atoms with van der Waals surface area (Å²) in [5.41, 5.74) is 0. The molecule has 1 amide bonds. The van der Waals surface area contributed by atoms with Crippen LogP contribution in [0.4, 0.5) is 0 Å². The fourth-order valence-corrected chi connectivity index (χ4v) is 1.93. The maximum absolute atomic E-state index is 11.6. The van der Waals surface area contributed by atoms with Crippen LogP contribution in [0.15, 0.2) is 12.7 Å². The normalized spacial score (nSPS) is 25.9. The number of hydrogen-bond donors (Lipinski definition) is 2. The summed E-state index contributed by atoms with van der Waals surface area (Å²) in [6, 6.07) is 0.720. The van der Waals surface area contributed by atoms with Gasteiger partial charge < -0.3 is 10.6 Å². The highest BCUT2D eigenvalue weighted by atomic mass is 16.1. The van der Waals surface area contributed by atoms with Crippen LogP contribution >= 0.6 is 0 Å². The molecule has 1 fully saturated rings. The van der Waals surface area contributed by atoms with Crippen LogP contribution in [0.1, 0.15) is 39.0 Å². The number of nitrogens with one attached hydrogen (secondary N) is 2. The summed E-state index contributed by atoms with van der Waals surface area (Å²) in [5, 5.41) is 6.47. The Hall–Kier alpha value is -0.830. The van der Waals surface area contributed by atoms with Crippen molar-refractivity contribution in [3.8, 4) is 0 Å². The minimum absolute atomic E-state index is 0.178. The van der Waals surface area contributed by atoms with Gasteiger partial charge in [-0.1, -0.05) is 6.08 Å². The Labute approximate surface area is 92.3 Å². The fourth-order valence-electron chi connectivity index (χ4n) is 1.93. The molecule has 1 aliphatic rings. The molecule has 0 aliphatic carbocycles. The number of piperidine rings is 1. The van der Waals surface area contributed by atoms with Crippen molar-refractivity contribution in [2.75, 3.05) is 6.54 Å². The maximum Gasteiger partial charge on any atom is 0.220 e. The summed E-state index contributed by atoms with van der Waals surface area (Å²) in [6.45, 7) is 6.85. The van der Waals surface area contributed by atoms with Crippen molar-refractivity contribution in [2.24, 2.45) is 0 Å². The van der Waals surface area contributed by atoms with Crippen molar-refractivity contribution in [2.45, 2.75) is 51.1 Å². The molecule has 0 saturated carbocycles. The van der Waals surface area contributed by atoms with E-state index in [-0.39, 0.29) is 5.91 Å². The molecule has 0 aromatic heterocycles. The van der Waals surface area contributed by atoms with E-state index in [4.69, 9.17) is 0 Å². The van der Waals surface area contributed by atoms with Gasteiger partial charge in [0.15, 0.2) is 0 Å². The first-order valence-corrected chi connectivity index (χ1v) is 5.87. The minimum Gasteiger partial charge on any atom is -0.352 e. The van der Waals surface area contributed by atoms with Crippen molar-refractivity contribution in [1.82, 2.24) is 10.6 Å². The summed E-state index contributed by atoms with van der Waals surface area (Å²) in [5.74, 6) is 0.178. The van der Waals surface area contributed by atoms with Crippen molar-refractivity contribution < 1.29 is 4.79 Å². The fraction of sp³-hybridized carbons (Fsp3) is 0.750. The lowest BCUT2D eigenvalue weighted by molar-refractivity contribution is -0.122. The number of amides is 1. The largest absolute Gasteiger partial charge is 0.352 e. The molecule has 86 valence electrons. The first-order valence-electron chi connectivity index (χ1n) is 5.87. The highest BCUT2D eigenvalue weighted by Crippen LogP contribution is 2.08. The molecule has 0 radical (unpaired) electrons. The van der Waals surface area contributed by atoms with Crippen LogP contribution in [-0.2, 0) is 4.79 Å². The number of allylic oxidation sites excluding steroid dienone is 1. The van der Waals surface area contributed by atoms with Gasteiger partial charge in [0.1, 0.15) is 0 Å². The highest BCUT2D eigenvalue weighted by Gasteiger charge is 2.21. The molecular formula is C12H22N2O. The van der Waals surface area contributed by atoms with Crippen LogP contribution in [0.5, 0.6) is 0 Å². The number of hydrogen-bond acceptors (Lipinski definition) is 2. The molecule has 1 rings (SSSR count). The quantitative estimate of drug-likeness (QED) is 0.534. The average molecular weight is 210 g/mol. The number of rotatable bonds is 5.